The van der Waals surface area contributed by atoms with Crippen molar-refractivity contribution in [2.24, 2.45) is 0 Å². The van der Waals surface area contributed by atoms with Crippen LogP contribution in [-0.2, 0) is 0 Å². The summed E-state index contributed by atoms with van der Waals surface area (Å²) in [7, 11) is 1.52. The average Bonchev–Trinajstić information content (AvgIpc) is 2.92. The number of ketones is 1. The fraction of sp³-hybridized carbons (Fsp3) is 0.118. The van der Waals surface area contributed by atoms with Crippen LogP contribution in [0.2, 0.25) is 5.02 Å². The van der Waals surface area contributed by atoms with Gasteiger partial charge in [0.2, 0.25) is 5.78 Å². The summed E-state index contributed by atoms with van der Waals surface area (Å²) in [5, 5.41) is 1.38. The third kappa shape index (κ3) is 2.41. The van der Waals surface area contributed by atoms with Crippen molar-refractivity contribution in [2.45, 2.75) is 6.92 Å². The van der Waals surface area contributed by atoms with Crippen molar-refractivity contribution in [3.05, 3.63) is 64.4 Å². The van der Waals surface area contributed by atoms with E-state index in [4.69, 9.17) is 20.8 Å². The van der Waals surface area contributed by atoms with Gasteiger partial charge < -0.3 is 9.15 Å². The third-order valence-electron chi connectivity index (χ3n) is 3.37. The minimum absolute atomic E-state index is 0.245. The van der Waals surface area contributed by atoms with E-state index >= 15 is 0 Å². The number of halogens is 1. The maximum absolute atomic E-state index is 12.6. The van der Waals surface area contributed by atoms with Crippen molar-refractivity contribution in [2.75, 3.05) is 7.11 Å². The minimum Gasteiger partial charge on any atom is -0.496 e. The first-order chi connectivity index (χ1) is 10.1. The Hall–Kier alpha value is -2.26. The maximum atomic E-state index is 12.6. The number of benzene rings is 2. The number of fused-ring (bicyclic) bond motifs is 1. The van der Waals surface area contributed by atoms with Gasteiger partial charge in [-0.15, -0.1) is 0 Å². The van der Waals surface area contributed by atoms with E-state index in [1.54, 1.807) is 24.3 Å². The van der Waals surface area contributed by atoms with E-state index in [2.05, 4.69) is 0 Å². The summed E-state index contributed by atoms with van der Waals surface area (Å²) >= 11 is 5.97. The van der Waals surface area contributed by atoms with Gasteiger partial charge in [-0.05, 0) is 36.8 Å². The van der Waals surface area contributed by atoms with Gasteiger partial charge in [-0.1, -0.05) is 29.8 Å². The number of carbonyl (C=O) groups excluding carboxylic acids is 1. The van der Waals surface area contributed by atoms with E-state index in [9.17, 15) is 4.79 Å². The molecule has 2 aromatic carbocycles. The molecule has 0 aliphatic carbocycles. The largest absolute Gasteiger partial charge is 0.496 e. The fourth-order valence-electron chi connectivity index (χ4n) is 2.31. The molecule has 0 unspecified atom stereocenters. The Balaban J connectivity index is 2.12. The van der Waals surface area contributed by atoms with Gasteiger partial charge >= 0.3 is 0 Å². The summed E-state index contributed by atoms with van der Waals surface area (Å²) in [6.07, 6.45) is 0. The van der Waals surface area contributed by atoms with Crippen molar-refractivity contribution in [3.8, 4) is 5.75 Å². The Morgan fingerprint density at radius 1 is 1.19 bits per heavy atom. The Kier molecular flexibility index (Phi) is 3.43. The number of para-hydroxylation sites is 1. The van der Waals surface area contributed by atoms with Gasteiger partial charge in [0.25, 0.3) is 0 Å². The molecule has 3 nitrogen and oxygen atoms in total. The fourth-order valence-corrected chi connectivity index (χ4v) is 2.48. The smallest absolute Gasteiger partial charge is 0.231 e. The zero-order chi connectivity index (χ0) is 15.0. The number of hydrogen-bond acceptors (Lipinski definition) is 3. The van der Waals surface area contributed by atoms with Crippen LogP contribution in [0.15, 0.2) is 46.9 Å². The molecular formula is C17H13ClO3. The first-order valence-electron chi connectivity index (χ1n) is 6.47. The summed E-state index contributed by atoms with van der Waals surface area (Å²) in [5.41, 5.74) is 2.10. The van der Waals surface area contributed by atoms with Gasteiger partial charge in [0.15, 0.2) is 5.76 Å². The lowest BCUT2D eigenvalue weighted by Crippen LogP contribution is -2.02. The average molecular weight is 301 g/mol. The summed E-state index contributed by atoms with van der Waals surface area (Å²) in [4.78, 5) is 12.6. The van der Waals surface area contributed by atoms with Gasteiger partial charge in [-0.3, -0.25) is 4.79 Å². The van der Waals surface area contributed by atoms with E-state index < -0.39 is 0 Å². The quantitative estimate of drug-likeness (QED) is 0.662. The molecule has 0 aliphatic rings. The maximum Gasteiger partial charge on any atom is 0.231 e. The Morgan fingerprint density at radius 3 is 2.71 bits per heavy atom. The number of rotatable bonds is 3. The molecule has 0 radical (unpaired) electrons. The molecule has 0 saturated carbocycles. The van der Waals surface area contributed by atoms with Crippen molar-refractivity contribution in [3.63, 3.8) is 0 Å². The van der Waals surface area contributed by atoms with Crippen LogP contribution >= 0.6 is 11.6 Å². The van der Waals surface area contributed by atoms with Gasteiger partial charge in [0, 0.05) is 10.4 Å². The van der Waals surface area contributed by atoms with Crippen LogP contribution in [0.1, 0.15) is 21.7 Å². The number of carbonyl (C=O) groups is 1. The first-order valence-corrected chi connectivity index (χ1v) is 6.85. The van der Waals surface area contributed by atoms with Crippen LogP contribution in [0.25, 0.3) is 11.0 Å². The van der Waals surface area contributed by atoms with Gasteiger partial charge in [-0.25, -0.2) is 0 Å². The van der Waals surface area contributed by atoms with E-state index in [1.165, 1.54) is 7.11 Å². The molecule has 21 heavy (non-hydrogen) atoms. The second-order valence-electron chi connectivity index (χ2n) is 4.78. The molecule has 3 rings (SSSR count). The minimum atomic E-state index is -0.245. The second kappa shape index (κ2) is 5.26. The van der Waals surface area contributed by atoms with Crippen molar-refractivity contribution >= 4 is 28.4 Å². The Labute approximate surface area is 127 Å². The summed E-state index contributed by atoms with van der Waals surface area (Å²) in [6.45, 7) is 1.94. The second-order valence-corrected chi connectivity index (χ2v) is 5.21. The normalized spacial score (nSPS) is 10.8. The van der Waals surface area contributed by atoms with Crippen molar-refractivity contribution in [1.82, 2.24) is 0 Å². The van der Waals surface area contributed by atoms with Crippen LogP contribution in [0, 0.1) is 6.92 Å². The summed E-state index contributed by atoms with van der Waals surface area (Å²) in [6, 6.07) is 12.5. The molecule has 0 aliphatic heterocycles. The number of furan rings is 1. The third-order valence-corrected chi connectivity index (χ3v) is 3.61. The number of methoxy groups -OCH3 is 1. The van der Waals surface area contributed by atoms with E-state index in [1.807, 2.05) is 25.1 Å². The van der Waals surface area contributed by atoms with Crippen molar-refractivity contribution in [1.29, 1.82) is 0 Å². The molecule has 0 N–H and O–H groups in total. The highest BCUT2D eigenvalue weighted by Crippen LogP contribution is 2.28. The highest BCUT2D eigenvalue weighted by molar-refractivity contribution is 6.31. The molecule has 106 valence electrons. The molecule has 0 amide bonds. The summed E-state index contributed by atoms with van der Waals surface area (Å²) in [5.74, 6) is 0.506. The standard InChI is InChI=1S/C17H13ClO3/c1-10-4-3-5-11-8-15(21-17(10)11)16(19)13-9-12(18)6-7-14(13)20-2/h3-9H,1-2H3. The lowest BCUT2D eigenvalue weighted by molar-refractivity contribution is 0.101. The number of ether oxygens (including phenoxy) is 1. The molecule has 0 spiro atoms. The first kappa shape index (κ1) is 13.7. The van der Waals surface area contributed by atoms with Crippen molar-refractivity contribution < 1.29 is 13.9 Å². The van der Waals surface area contributed by atoms with Crippen LogP contribution < -0.4 is 4.74 Å². The molecule has 4 heteroatoms. The van der Waals surface area contributed by atoms with Gasteiger partial charge in [-0.2, -0.15) is 0 Å². The molecule has 0 saturated heterocycles. The Morgan fingerprint density at radius 2 is 2.00 bits per heavy atom. The van der Waals surface area contributed by atoms with E-state index in [0.717, 1.165) is 16.5 Å². The van der Waals surface area contributed by atoms with Gasteiger partial charge in [0.05, 0.1) is 12.7 Å². The van der Waals surface area contributed by atoms with E-state index in [0.29, 0.717) is 16.3 Å². The summed E-state index contributed by atoms with van der Waals surface area (Å²) < 4.78 is 10.9. The van der Waals surface area contributed by atoms with Crippen LogP contribution in [-0.4, -0.2) is 12.9 Å². The topological polar surface area (TPSA) is 39.4 Å². The Bertz CT molecular complexity index is 833. The van der Waals surface area contributed by atoms with Crippen LogP contribution in [0.4, 0.5) is 0 Å². The molecule has 3 aromatic rings. The number of hydrogen-bond donors (Lipinski definition) is 0. The predicted octanol–water partition coefficient (Wildman–Crippen LogP) is 4.63. The highest BCUT2D eigenvalue weighted by atomic mass is 35.5. The molecule has 1 aromatic heterocycles. The molecule has 1 heterocycles. The zero-order valence-corrected chi connectivity index (χ0v) is 12.4. The lowest BCUT2D eigenvalue weighted by Gasteiger charge is -2.06. The van der Waals surface area contributed by atoms with Gasteiger partial charge in [0.1, 0.15) is 11.3 Å². The van der Waals surface area contributed by atoms with E-state index in [-0.39, 0.29) is 11.5 Å². The SMILES string of the molecule is COc1ccc(Cl)cc1C(=O)c1cc2cccc(C)c2o1. The molecular weight excluding hydrogens is 288 g/mol. The number of aryl methyl sites for hydroxylation is 1. The highest BCUT2D eigenvalue weighted by Gasteiger charge is 2.19. The van der Waals surface area contributed by atoms with Crippen LogP contribution in [0.3, 0.4) is 0 Å². The molecule has 0 atom stereocenters. The lowest BCUT2D eigenvalue weighted by atomic mass is 10.1. The monoisotopic (exact) mass is 300 g/mol. The predicted molar refractivity (Wildman–Crippen MR) is 82.4 cm³/mol. The molecule has 0 fully saturated rings. The molecule has 0 bridgehead atoms. The zero-order valence-electron chi connectivity index (χ0n) is 11.6. The van der Waals surface area contributed by atoms with Crippen LogP contribution in [0.5, 0.6) is 5.75 Å².